The number of carbonyl (C=O) groups is 1. The number of anilines is 1. The van der Waals surface area contributed by atoms with E-state index in [2.05, 4.69) is 26.1 Å². The fraction of sp³-hybridized carbons (Fsp3) is 0.562. The summed E-state index contributed by atoms with van der Waals surface area (Å²) in [4.78, 5) is 12.0. The van der Waals surface area contributed by atoms with E-state index in [9.17, 15) is 9.18 Å². The molecule has 1 rings (SSSR count). The van der Waals surface area contributed by atoms with E-state index >= 15 is 0 Å². The maximum absolute atomic E-state index is 13.3. The van der Waals surface area contributed by atoms with Crippen molar-refractivity contribution >= 4 is 11.6 Å². The lowest BCUT2D eigenvalue weighted by Crippen LogP contribution is -2.34. The Kier molecular flexibility index (Phi) is 5.99. The molecule has 0 radical (unpaired) electrons. The average molecular weight is 280 g/mol. The van der Waals surface area contributed by atoms with Crippen LogP contribution >= 0.6 is 0 Å². The van der Waals surface area contributed by atoms with Crippen LogP contribution in [0.25, 0.3) is 0 Å². The number of rotatable bonds is 7. The normalized spacial score (nSPS) is 11.4. The van der Waals surface area contributed by atoms with Crippen LogP contribution in [0.1, 0.15) is 56.8 Å². The number of halogens is 1. The van der Waals surface area contributed by atoms with Crippen molar-refractivity contribution in [3.8, 4) is 0 Å². The molecule has 0 aliphatic heterocycles. The highest BCUT2D eigenvalue weighted by molar-refractivity contribution is 5.94. The van der Waals surface area contributed by atoms with Gasteiger partial charge < -0.3 is 11.1 Å². The van der Waals surface area contributed by atoms with Crippen molar-refractivity contribution in [3.63, 3.8) is 0 Å². The number of nitrogens with two attached hydrogens (primary N) is 1. The molecule has 0 atom stereocenters. The van der Waals surface area contributed by atoms with Gasteiger partial charge in [0.05, 0.1) is 5.69 Å². The number of carbonyl (C=O) groups excluding carboxylic acids is 1. The van der Waals surface area contributed by atoms with Crippen LogP contribution in [0, 0.1) is 11.2 Å². The highest BCUT2D eigenvalue weighted by atomic mass is 19.1. The molecule has 3 nitrogen and oxygen atoms in total. The van der Waals surface area contributed by atoms with Crippen molar-refractivity contribution in [2.24, 2.45) is 5.41 Å². The molecule has 0 spiro atoms. The Morgan fingerprint density at radius 2 is 2.05 bits per heavy atom. The monoisotopic (exact) mass is 280 g/mol. The summed E-state index contributed by atoms with van der Waals surface area (Å²) < 4.78 is 13.3. The quantitative estimate of drug-likeness (QED) is 0.590. The second kappa shape index (κ2) is 7.27. The Morgan fingerprint density at radius 1 is 1.35 bits per heavy atom. The molecule has 1 aromatic rings. The molecule has 0 saturated carbocycles. The van der Waals surface area contributed by atoms with Gasteiger partial charge in [-0.25, -0.2) is 4.39 Å². The first-order valence-electron chi connectivity index (χ1n) is 7.19. The standard InChI is InChI=1S/C16H25FN2O/c1-4-5-6-9-16(2,3)11-19-15(20)12-7-8-14(18)13(17)10-12/h7-8,10H,4-6,9,11,18H2,1-3H3,(H,19,20). The third-order valence-corrected chi connectivity index (χ3v) is 3.45. The maximum atomic E-state index is 13.3. The average Bonchev–Trinajstić information content (AvgIpc) is 2.39. The Morgan fingerprint density at radius 3 is 2.65 bits per heavy atom. The van der Waals surface area contributed by atoms with Gasteiger partial charge in [0.15, 0.2) is 0 Å². The van der Waals surface area contributed by atoms with E-state index in [1.807, 2.05) is 0 Å². The molecule has 0 aromatic heterocycles. The molecular formula is C16H25FN2O. The van der Waals surface area contributed by atoms with Crippen LogP contribution in [0.3, 0.4) is 0 Å². The van der Waals surface area contributed by atoms with Gasteiger partial charge in [-0.2, -0.15) is 0 Å². The number of benzene rings is 1. The highest BCUT2D eigenvalue weighted by Gasteiger charge is 2.19. The van der Waals surface area contributed by atoms with Crippen molar-refractivity contribution in [2.75, 3.05) is 12.3 Å². The van der Waals surface area contributed by atoms with Crippen molar-refractivity contribution in [1.82, 2.24) is 5.32 Å². The van der Waals surface area contributed by atoms with Gasteiger partial charge in [0.1, 0.15) is 5.82 Å². The Labute approximate surface area is 120 Å². The van der Waals surface area contributed by atoms with Gasteiger partial charge in [-0.05, 0) is 30.0 Å². The first-order chi connectivity index (χ1) is 9.35. The van der Waals surface area contributed by atoms with Gasteiger partial charge in [0, 0.05) is 12.1 Å². The Hall–Kier alpha value is -1.58. The predicted molar refractivity (Wildman–Crippen MR) is 81.1 cm³/mol. The predicted octanol–water partition coefficient (Wildman–Crippen LogP) is 3.74. The van der Waals surface area contributed by atoms with Crippen molar-refractivity contribution in [3.05, 3.63) is 29.6 Å². The van der Waals surface area contributed by atoms with Crippen LogP contribution in [0.5, 0.6) is 0 Å². The van der Waals surface area contributed by atoms with Crippen molar-refractivity contribution in [1.29, 1.82) is 0 Å². The summed E-state index contributed by atoms with van der Waals surface area (Å²) in [5.74, 6) is -0.813. The molecule has 112 valence electrons. The first kappa shape index (κ1) is 16.5. The highest BCUT2D eigenvalue weighted by Crippen LogP contribution is 2.23. The molecular weight excluding hydrogens is 255 g/mol. The fourth-order valence-electron chi connectivity index (χ4n) is 2.03. The Bertz CT molecular complexity index is 458. The molecule has 0 unspecified atom stereocenters. The van der Waals surface area contributed by atoms with E-state index in [1.54, 1.807) is 0 Å². The minimum Gasteiger partial charge on any atom is -0.396 e. The van der Waals surface area contributed by atoms with Gasteiger partial charge in [-0.3, -0.25) is 4.79 Å². The van der Waals surface area contributed by atoms with Gasteiger partial charge in [0.25, 0.3) is 5.91 Å². The molecule has 4 heteroatoms. The van der Waals surface area contributed by atoms with E-state index in [1.165, 1.54) is 31.0 Å². The zero-order valence-electron chi connectivity index (χ0n) is 12.6. The lowest BCUT2D eigenvalue weighted by molar-refractivity contribution is 0.0933. The molecule has 0 bridgehead atoms. The summed E-state index contributed by atoms with van der Waals surface area (Å²) in [6.07, 6.45) is 4.63. The second-order valence-electron chi connectivity index (χ2n) is 6.04. The summed E-state index contributed by atoms with van der Waals surface area (Å²) in [7, 11) is 0. The topological polar surface area (TPSA) is 55.1 Å². The lowest BCUT2D eigenvalue weighted by Gasteiger charge is -2.25. The minimum absolute atomic E-state index is 0.0528. The molecule has 0 saturated heterocycles. The number of unbranched alkanes of at least 4 members (excludes halogenated alkanes) is 2. The van der Waals surface area contributed by atoms with Crippen LogP contribution in [0.4, 0.5) is 10.1 Å². The van der Waals surface area contributed by atoms with Crippen molar-refractivity contribution in [2.45, 2.75) is 46.5 Å². The molecule has 20 heavy (non-hydrogen) atoms. The maximum Gasteiger partial charge on any atom is 0.251 e. The Balaban J connectivity index is 2.51. The summed E-state index contributed by atoms with van der Waals surface area (Å²) >= 11 is 0. The molecule has 0 aliphatic carbocycles. The van der Waals surface area contributed by atoms with Crippen LogP contribution in [-0.2, 0) is 0 Å². The lowest BCUT2D eigenvalue weighted by atomic mass is 9.87. The summed E-state index contributed by atoms with van der Waals surface area (Å²) in [6.45, 7) is 7.02. The second-order valence-corrected chi connectivity index (χ2v) is 6.04. The van der Waals surface area contributed by atoms with Gasteiger partial charge in [0.2, 0.25) is 0 Å². The van der Waals surface area contributed by atoms with Crippen LogP contribution < -0.4 is 11.1 Å². The van der Waals surface area contributed by atoms with Crippen LogP contribution in [-0.4, -0.2) is 12.5 Å². The van der Waals surface area contributed by atoms with E-state index in [-0.39, 0.29) is 17.0 Å². The molecule has 0 fully saturated rings. The van der Waals surface area contributed by atoms with E-state index in [0.717, 1.165) is 12.8 Å². The number of nitrogen functional groups attached to an aromatic ring is 1. The molecule has 1 aromatic carbocycles. The van der Waals surface area contributed by atoms with Gasteiger partial charge in [-0.1, -0.05) is 40.0 Å². The summed E-state index contributed by atoms with van der Waals surface area (Å²) in [5.41, 5.74) is 5.81. The van der Waals surface area contributed by atoms with E-state index < -0.39 is 5.82 Å². The van der Waals surface area contributed by atoms with Gasteiger partial charge in [-0.15, -0.1) is 0 Å². The SMILES string of the molecule is CCCCCC(C)(C)CNC(=O)c1ccc(N)c(F)c1. The molecule has 0 aliphatic rings. The smallest absolute Gasteiger partial charge is 0.251 e. The number of amides is 1. The zero-order chi connectivity index (χ0) is 15.2. The van der Waals surface area contributed by atoms with Crippen LogP contribution in [0.15, 0.2) is 18.2 Å². The summed E-state index contributed by atoms with van der Waals surface area (Å²) in [6, 6.07) is 4.13. The number of nitrogens with one attached hydrogen (secondary N) is 1. The summed E-state index contributed by atoms with van der Waals surface area (Å²) in [5, 5.41) is 2.87. The van der Waals surface area contributed by atoms with Crippen molar-refractivity contribution < 1.29 is 9.18 Å². The third kappa shape index (κ3) is 5.19. The van der Waals surface area contributed by atoms with Gasteiger partial charge >= 0.3 is 0 Å². The zero-order valence-corrected chi connectivity index (χ0v) is 12.6. The number of hydrogen-bond donors (Lipinski definition) is 2. The third-order valence-electron chi connectivity index (χ3n) is 3.45. The largest absolute Gasteiger partial charge is 0.396 e. The number of hydrogen-bond acceptors (Lipinski definition) is 2. The van der Waals surface area contributed by atoms with E-state index in [0.29, 0.717) is 12.1 Å². The molecule has 1 amide bonds. The minimum atomic E-state index is -0.556. The molecule has 3 N–H and O–H groups in total. The fourth-order valence-corrected chi connectivity index (χ4v) is 2.03. The first-order valence-corrected chi connectivity index (χ1v) is 7.19. The molecule has 0 heterocycles. The van der Waals surface area contributed by atoms with E-state index in [4.69, 9.17) is 5.73 Å². The van der Waals surface area contributed by atoms with Crippen LogP contribution in [0.2, 0.25) is 0 Å².